The van der Waals surface area contributed by atoms with E-state index in [0.29, 0.717) is 28.1 Å². The summed E-state index contributed by atoms with van der Waals surface area (Å²) in [6.45, 7) is 5.45. The molecule has 3 heterocycles. The number of aliphatic hydroxyl groups excluding tert-OH is 1. The molecule has 4 rings (SSSR count). The molecule has 0 unspecified atom stereocenters. The first-order chi connectivity index (χ1) is 12.9. The van der Waals surface area contributed by atoms with Crippen molar-refractivity contribution in [3.05, 3.63) is 34.9 Å². The molecule has 0 spiro atoms. The van der Waals surface area contributed by atoms with Gasteiger partial charge in [-0.25, -0.2) is 4.98 Å². The molecular formula is C20H23N3O4. The Morgan fingerprint density at radius 2 is 2.00 bits per heavy atom. The molecule has 2 N–H and O–H groups in total. The first kappa shape index (κ1) is 17.7. The van der Waals surface area contributed by atoms with Crippen molar-refractivity contribution in [1.82, 2.24) is 15.5 Å². The van der Waals surface area contributed by atoms with Gasteiger partial charge in [0.25, 0.3) is 11.6 Å². The third-order valence-corrected chi connectivity index (χ3v) is 5.42. The van der Waals surface area contributed by atoms with Crippen molar-refractivity contribution >= 4 is 17.0 Å². The lowest BCUT2D eigenvalue weighted by atomic mass is 9.97. The first-order valence-electron chi connectivity index (χ1n) is 9.20. The molecule has 1 aliphatic carbocycles. The van der Waals surface area contributed by atoms with Crippen molar-refractivity contribution in [2.24, 2.45) is 0 Å². The smallest absolute Gasteiger partial charge is 0.259 e. The minimum Gasteiger partial charge on any atom is -0.466 e. The van der Waals surface area contributed by atoms with Crippen molar-refractivity contribution in [3.63, 3.8) is 0 Å². The van der Waals surface area contributed by atoms with Crippen molar-refractivity contribution in [2.75, 3.05) is 6.61 Å². The molecular weight excluding hydrogens is 346 g/mol. The molecule has 0 aromatic carbocycles. The number of carbonyl (C=O) groups is 1. The predicted octanol–water partition coefficient (Wildman–Crippen LogP) is 3.44. The van der Waals surface area contributed by atoms with Crippen molar-refractivity contribution in [3.8, 4) is 11.3 Å². The fourth-order valence-corrected chi connectivity index (χ4v) is 3.98. The van der Waals surface area contributed by atoms with Crippen LogP contribution in [0.5, 0.6) is 0 Å². The van der Waals surface area contributed by atoms with Crippen LogP contribution in [0.2, 0.25) is 0 Å². The first-order valence-corrected chi connectivity index (χ1v) is 9.20. The van der Waals surface area contributed by atoms with Crippen LogP contribution in [-0.4, -0.2) is 33.3 Å². The van der Waals surface area contributed by atoms with Crippen LogP contribution in [0.3, 0.4) is 0 Å². The largest absolute Gasteiger partial charge is 0.466 e. The predicted molar refractivity (Wildman–Crippen MR) is 99.5 cm³/mol. The van der Waals surface area contributed by atoms with Gasteiger partial charge in [0.05, 0.1) is 34.5 Å². The Morgan fingerprint density at radius 1 is 1.26 bits per heavy atom. The fourth-order valence-electron chi connectivity index (χ4n) is 3.98. The van der Waals surface area contributed by atoms with Gasteiger partial charge in [-0.3, -0.25) is 4.79 Å². The zero-order valence-electron chi connectivity index (χ0n) is 15.8. The fraction of sp³-hybridized carbons (Fsp3) is 0.450. The lowest BCUT2D eigenvalue weighted by molar-refractivity contribution is 0.0840. The van der Waals surface area contributed by atoms with E-state index in [1.54, 1.807) is 13.0 Å². The van der Waals surface area contributed by atoms with E-state index in [-0.39, 0.29) is 12.5 Å². The molecule has 0 atom stereocenters. The Labute approximate surface area is 156 Å². The molecule has 0 saturated heterocycles. The Bertz CT molecular complexity index is 1010. The van der Waals surface area contributed by atoms with Crippen LogP contribution in [0.15, 0.2) is 21.1 Å². The second-order valence-corrected chi connectivity index (χ2v) is 7.43. The molecule has 0 bridgehead atoms. The van der Waals surface area contributed by atoms with E-state index in [9.17, 15) is 9.90 Å². The number of fused-ring (bicyclic) bond motifs is 1. The Hall–Kier alpha value is -2.67. The van der Waals surface area contributed by atoms with Gasteiger partial charge in [-0.15, -0.1) is 0 Å². The van der Waals surface area contributed by atoms with E-state index in [1.165, 1.54) is 0 Å². The summed E-state index contributed by atoms with van der Waals surface area (Å²) in [6.07, 6.45) is 3.55. The Balaban J connectivity index is 1.82. The Kier molecular flexibility index (Phi) is 4.26. The maximum atomic E-state index is 13.2. The van der Waals surface area contributed by atoms with Crippen LogP contribution >= 0.6 is 0 Å². The van der Waals surface area contributed by atoms with E-state index in [0.717, 1.165) is 42.8 Å². The lowest BCUT2D eigenvalue weighted by Crippen LogP contribution is -2.49. The zero-order valence-corrected chi connectivity index (χ0v) is 15.8. The summed E-state index contributed by atoms with van der Waals surface area (Å²) in [5.41, 5.74) is 2.24. The molecule has 1 aliphatic rings. The molecule has 0 aliphatic heterocycles. The van der Waals surface area contributed by atoms with E-state index < -0.39 is 5.54 Å². The zero-order chi connectivity index (χ0) is 19.2. The van der Waals surface area contributed by atoms with Crippen LogP contribution in [-0.2, 0) is 0 Å². The molecule has 7 heteroatoms. The number of furan rings is 1. The third kappa shape index (κ3) is 3.02. The summed E-state index contributed by atoms with van der Waals surface area (Å²) >= 11 is 0. The highest BCUT2D eigenvalue weighted by Gasteiger charge is 2.35. The number of hydrogen-bond donors (Lipinski definition) is 2. The van der Waals surface area contributed by atoms with Crippen LogP contribution in [0.4, 0.5) is 0 Å². The molecule has 1 saturated carbocycles. The van der Waals surface area contributed by atoms with Crippen LogP contribution in [0, 0.1) is 20.8 Å². The monoisotopic (exact) mass is 369 g/mol. The van der Waals surface area contributed by atoms with Gasteiger partial charge < -0.3 is 19.4 Å². The highest BCUT2D eigenvalue weighted by molar-refractivity contribution is 6.07. The molecule has 27 heavy (non-hydrogen) atoms. The van der Waals surface area contributed by atoms with Gasteiger partial charge in [-0.1, -0.05) is 18.0 Å². The number of nitrogens with one attached hydrogen (secondary N) is 1. The number of carbonyl (C=O) groups excluding carboxylic acids is 1. The SMILES string of the molecule is Cc1cc(-c2cc(C(=O)NC3(CO)CCCC3)c3c(C)noc3n2)c(C)o1. The maximum Gasteiger partial charge on any atom is 0.259 e. The average molecular weight is 369 g/mol. The number of pyridine rings is 1. The van der Waals surface area contributed by atoms with Gasteiger partial charge in [0.1, 0.15) is 11.5 Å². The number of aryl methyl sites for hydroxylation is 3. The normalized spacial score (nSPS) is 16.1. The minimum absolute atomic E-state index is 0.0670. The molecule has 3 aromatic heterocycles. The van der Waals surface area contributed by atoms with Crippen LogP contribution in [0.1, 0.15) is 53.3 Å². The summed E-state index contributed by atoms with van der Waals surface area (Å²) in [5.74, 6) is 1.25. The quantitative estimate of drug-likeness (QED) is 0.730. The van der Waals surface area contributed by atoms with E-state index in [2.05, 4.69) is 15.5 Å². The van der Waals surface area contributed by atoms with Gasteiger partial charge >= 0.3 is 0 Å². The Morgan fingerprint density at radius 3 is 2.63 bits per heavy atom. The van der Waals surface area contributed by atoms with Crippen LogP contribution in [0.25, 0.3) is 22.4 Å². The summed E-state index contributed by atoms with van der Waals surface area (Å²) in [4.78, 5) is 17.7. The average Bonchev–Trinajstić information content (AvgIpc) is 3.34. The molecule has 1 fully saturated rings. The summed E-state index contributed by atoms with van der Waals surface area (Å²) < 4.78 is 11.0. The minimum atomic E-state index is -0.556. The number of aliphatic hydroxyl groups is 1. The number of hydrogen-bond acceptors (Lipinski definition) is 6. The van der Waals surface area contributed by atoms with E-state index in [4.69, 9.17) is 8.94 Å². The van der Waals surface area contributed by atoms with Gasteiger partial charge in [0, 0.05) is 5.56 Å². The standard InChI is InChI=1S/C20H23N3O4/c1-11-8-14(13(3)26-11)16-9-15(17-12(2)23-27-19(17)21-16)18(25)22-20(10-24)6-4-5-7-20/h8-9,24H,4-7,10H2,1-3H3,(H,22,25). The number of nitrogens with zero attached hydrogens (tertiary/aromatic N) is 2. The van der Waals surface area contributed by atoms with Gasteiger partial charge in [-0.2, -0.15) is 0 Å². The maximum absolute atomic E-state index is 13.2. The lowest BCUT2D eigenvalue weighted by Gasteiger charge is -2.28. The summed E-state index contributed by atoms with van der Waals surface area (Å²) in [7, 11) is 0. The summed E-state index contributed by atoms with van der Waals surface area (Å²) in [5, 5.41) is 17.5. The highest BCUT2D eigenvalue weighted by Crippen LogP contribution is 2.33. The van der Waals surface area contributed by atoms with Crippen LogP contribution < -0.4 is 5.32 Å². The summed E-state index contributed by atoms with van der Waals surface area (Å²) in [6, 6.07) is 3.64. The molecule has 7 nitrogen and oxygen atoms in total. The number of aromatic nitrogens is 2. The highest BCUT2D eigenvalue weighted by atomic mass is 16.5. The second-order valence-electron chi connectivity index (χ2n) is 7.43. The van der Waals surface area contributed by atoms with Gasteiger partial charge in [-0.05, 0) is 45.7 Å². The van der Waals surface area contributed by atoms with E-state index >= 15 is 0 Å². The molecule has 142 valence electrons. The topological polar surface area (TPSA) is 101 Å². The number of amides is 1. The molecule has 0 radical (unpaired) electrons. The van der Waals surface area contributed by atoms with Crippen molar-refractivity contribution in [2.45, 2.75) is 52.0 Å². The van der Waals surface area contributed by atoms with Gasteiger partial charge in [0.15, 0.2) is 0 Å². The van der Waals surface area contributed by atoms with Gasteiger partial charge in [0.2, 0.25) is 0 Å². The van der Waals surface area contributed by atoms with Crippen molar-refractivity contribution in [1.29, 1.82) is 0 Å². The second kappa shape index (κ2) is 6.49. The van der Waals surface area contributed by atoms with E-state index in [1.807, 2.05) is 19.9 Å². The third-order valence-electron chi connectivity index (χ3n) is 5.42. The number of rotatable bonds is 4. The molecule has 1 amide bonds. The van der Waals surface area contributed by atoms with Crippen molar-refractivity contribution < 1.29 is 18.8 Å². The molecule has 3 aromatic rings.